The van der Waals surface area contributed by atoms with Gasteiger partial charge in [-0.3, -0.25) is 0 Å². The van der Waals surface area contributed by atoms with Gasteiger partial charge in [0.25, 0.3) is 0 Å². The molecule has 2 aromatic rings. The first-order chi connectivity index (χ1) is 11.9. The lowest BCUT2D eigenvalue weighted by Gasteiger charge is -2.15. The van der Waals surface area contributed by atoms with E-state index < -0.39 is 20.5 Å². The number of hydrogen-bond donors (Lipinski definition) is 1. The van der Waals surface area contributed by atoms with Crippen LogP contribution in [0.2, 0.25) is 5.02 Å². The fourth-order valence-electron chi connectivity index (χ4n) is 3.74. The summed E-state index contributed by atoms with van der Waals surface area (Å²) in [4.78, 5) is 0.269. The standard InChI is InChI=1S/C19H22ClNO3S/c1-13-3-5-14(6-4-13)17-18(19(17,11-21)12-24-2)25(22,23)16-9-7-15(20)8-10-16/h3-10,17-18H,11-12,21H2,1-2H3/t17-,18+,19+/m1/s1. The Balaban J connectivity index is 2.05. The van der Waals surface area contributed by atoms with Crippen LogP contribution < -0.4 is 5.73 Å². The molecule has 25 heavy (non-hydrogen) atoms. The van der Waals surface area contributed by atoms with Crippen LogP contribution in [0.5, 0.6) is 0 Å². The van der Waals surface area contributed by atoms with E-state index in [0.717, 1.165) is 11.1 Å². The molecule has 4 nitrogen and oxygen atoms in total. The van der Waals surface area contributed by atoms with Gasteiger partial charge in [-0.1, -0.05) is 41.4 Å². The molecule has 1 aliphatic carbocycles. The van der Waals surface area contributed by atoms with Crippen LogP contribution in [0.3, 0.4) is 0 Å². The van der Waals surface area contributed by atoms with Crippen molar-refractivity contribution in [3.8, 4) is 0 Å². The highest BCUT2D eigenvalue weighted by Gasteiger charge is 2.70. The van der Waals surface area contributed by atoms with Crippen molar-refractivity contribution < 1.29 is 13.2 Å². The maximum absolute atomic E-state index is 13.3. The van der Waals surface area contributed by atoms with Gasteiger partial charge in [-0.15, -0.1) is 0 Å². The number of nitrogens with two attached hydrogens (primary N) is 1. The number of methoxy groups -OCH3 is 1. The molecule has 0 aromatic heterocycles. The molecule has 1 aliphatic rings. The van der Waals surface area contributed by atoms with Crippen LogP contribution in [-0.2, 0) is 14.6 Å². The second kappa shape index (κ2) is 6.72. The molecule has 6 heteroatoms. The van der Waals surface area contributed by atoms with Crippen LogP contribution in [0.4, 0.5) is 0 Å². The lowest BCUT2D eigenvalue weighted by atomic mass is 9.99. The second-order valence-corrected chi connectivity index (χ2v) is 9.18. The van der Waals surface area contributed by atoms with Crippen LogP contribution in [0.1, 0.15) is 17.0 Å². The third-order valence-electron chi connectivity index (χ3n) is 5.09. The van der Waals surface area contributed by atoms with Gasteiger partial charge >= 0.3 is 0 Å². The molecule has 2 aromatic carbocycles. The van der Waals surface area contributed by atoms with Gasteiger partial charge in [0.15, 0.2) is 9.84 Å². The van der Waals surface area contributed by atoms with Crippen molar-refractivity contribution in [1.82, 2.24) is 0 Å². The van der Waals surface area contributed by atoms with Gasteiger partial charge in [0.05, 0.1) is 16.8 Å². The molecule has 3 rings (SSSR count). The summed E-state index contributed by atoms with van der Waals surface area (Å²) in [5.74, 6) is -0.182. The quantitative estimate of drug-likeness (QED) is 0.836. The minimum Gasteiger partial charge on any atom is -0.384 e. The molecule has 0 spiro atoms. The summed E-state index contributed by atoms with van der Waals surface area (Å²) in [6.07, 6.45) is 0. The predicted molar refractivity (Wildman–Crippen MR) is 99.7 cm³/mol. The number of halogens is 1. The lowest BCUT2D eigenvalue weighted by Crippen LogP contribution is -2.28. The summed E-state index contributed by atoms with van der Waals surface area (Å²) in [5, 5.41) is -0.0966. The summed E-state index contributed by atoms with van der Waals surface area (Å²) in [6, 6.07) is 14.2. The summed E-state index contributed by atoms with van der Waals surface area (Å²) in [6.45, 7) is 2.56. The Morgan fingerprint density at radius 1 is 1.12 bits per heavy atom. The van der Waals surface area contributed by atoms with Crippen molar-refractivity contribution in [2.75, 3.05) is 20.3 Å². The van der Waals surface area contributed by atoms with E-state index in [1.807, 2.05) is 31.2 Å². The Morgan fingerprint density at radius 2 is 1.72 bits per heavy atom. The Labute approximate surface area is 153 Å². The van der Waals surface area contributed by atoms with E-state index in [2.05, 4.69) is 0 Å². The number of sulfone groups is 1. The van der Waals surface area contributed by atoms with Crippen molar-refractivity contribution in [3.63, 3.8) is 0 Å². The molecule has 3 atom stereocenters. The number of benzene rings is 2. The number of aryl methyl sites for hydroxylation is 1. The average molecular weight is 380 g/mol. The van der Waals surface area contributed by atoms with E-state index >= 15 is 0 Å². The molecule has 0 radical (unpaired) electrons. The number of rotatable bonds is 6. The van der Waals surface area contributed by atoms with Gasteiger partial charge in [0.1, 0.15) is 0 Å². The molecule has 0 amide bonds. The summed E-state index contributed by atoms with van der Waals surface area (Å²) in [7, 11) is -1.97. The molecule has 0 heterocycles. The van der Waals surface area contributed by atoms with Crippen molar-refractivity contribution >= 4 is 21.4 Å². The normalized spacial score (nSPS) is 25.8. The average Bonchev–Trinajstić information content (AvgIpc) is 3.26. The first kappa shape index (κ1) is 18.4. The zero-order valence-electron chi connectivity index (χ0n) is 14.3. The minimum absolute atomic E-state index is 0.182. The Hall–Kier alpha value is -1.40. The summed E-state index contributed by atoms with van der Waals surface area (Å²) < 4.78 is 31.9. The van der Waals surface area contributed by atoms with Crippen LogP contribution in [-0.4, -0.2) is 33.9 Å². The second-order valence-electron chi connectivity index (χ2n) is 6.68. The minimum atomic E-state index is -3.55. The highest BCUT2D eigenvalue weighted by Crippen LogP contribution is 2.63. The third-order valence-corrected chi connectivity index (χ3v) is 7.68. The molecule has 0 aliphatic heterocycles. The molecular formula is C19H22ClNO3S. The molecule has 0 unspecified atom stereocenters. The maximum atomic E-state index is 13.3. The molecule has 0 bridgehead atoms. The van der Waals surface area contributed by atoms with E-state index in [1.54, 1.807) is 31.4 Å². The molecule has 134 valence electrons. The van der Waals surface area contributed by atoms with Gasteiger partial charge in [-0.05, 0) is 36.8 Å². The van der Waals surface area contributed by atoms with E-state index in [1.165, 1.54) is 0 Å². The van der Waals surface area contributed by atoms with Crippen LogP contribution in [0, 0.1) is 12.3 Å². The molecule has 2 N–H and O–H groups in total. The van der Waals surface area contributed by atoms with Gasteiger partial charge in [0, 0.05) is 30.0 Å². The van der Waals surface area contributed by atoms with Gasteiger partial charge in [0.2, 0.25) is 0 Å². The Kier molecular flexibility index (Phi) is 4.95. The van der Waals surface area contributed by atoms with Gasteiger partial charge in [-0.2, -0.15) is 0 Å². The number of hydrogen-bond acceptors (Lipinski definition) is 4. The largest absolute Gasteiger partial charge is 0.384 e. The van der Waals surface area contributed by atoms with Crippen molar-refractivity contribution in [2.24, 2.45) is 11.1 Å². The highest BCUT2D eigenvalue weighted by atomic mass is 35.5. The van der Waals surface area contributed by atoms with Crippen LogP contribution >= 0.6 is 11.6 Å². The van der Waals surface area contributed by atoms with E-state index in [9.17, 15) is 8.42 Å². The van der Waals surface area contributed by atoms with Gasteiger partial charge < -0.3 is 10.5 Å². The fraction of sp³-hybridized carbons (Fsp3) is 0.368. The Morgan fingerprint density at radius 3 is 2.24 bits per heavy atom. The monoisotopic (exact) mass is 379 g/mol. The van der Waals surface area contributed by atoms with Crippen molar-refractivity contribution in [2.45, 2.75) is 23.0 Å². The topological polar surface area (TPSA) is 69.4 Å². The van der Waals surface area contributed by atoms with Crippen molar-refractivity contribution in [3.05, 3.63) is 64.7 Å². The molecule has 1 fully saturated rings. The lowest BCUT2D eigenvalue weighted by molar-refractivity contribution is 0.142. The van der Waals surface area contributed by atoms with E-state index in [0.29, 0.717) is 11.6 Å². The fourth-order valence-corrected chi connectivity index (χ4v) is 6.31. The predicted octanol–water partition coefficient (Wildman–Crippen LogP) is 3.18. The first-order valence-corrected chi connectivity index (χ1v) is 10.0. The SMILES string of the molecule is COC[C@@]1(CN)[C@H](c2ccc(C)cc2)[C@@H]1S(=O)(=O)c1ccc(Cl)cc1. The first-order valence-electron chi connectivity index (χ1n) is 8.12. The Bertz CT molecular complexity index is 849. The molecule has 1 saturated carbocycles. The third kappa shape index (κ3) is 3.10. The molecular weight excluding hydrogens is 358 g/mol. The summed E-state index contributed by atoms with van der Waals surface area (Å²) in [5.41, 5.74) is 7.54. The van der Waals surface area contributed by atoms with Gasteiger partial charge in [-0.25, -0.2) is 8.42 Å². The van der Waals surface area contributed by atoms with Crippen LogP contribution in [0.15, 0.2) is 53.4 Å². The van der Waals surface area contributed by atoms with E-state index in [-0.39, 0.29) is 17.4 Å². The zero-order valence-corrected chi connectivity index (χ0v) is 15.8. The summed E-state index contributed by atoms with van der Waals surface area (Å²) >= 11 is 5.89. The highest BCUT2D eigenvalue weighted by molar-refractivity contribution is 7.92. The molecule has 0 saturated heterocycles. The zero-order chi connectivity index (χ0) is 18.2. The van der Waals surface area contributed by atoms with E-state index in [4.69, 9.17) is 22.1 Å². The maximum Gasteiger partial charge on any atom is 0.182 e. The van der Waals surface area contributed by atoms with Crippen LogP contribution in [0.25, 0.3) is 0 Å². The van der Waals surface area contributed by atoms with Crippen molar-refractivity contribution in [1.29, 1.82) is 0 Å². The number of ether oxygens (including phenoxy) is 1. The smallest absolute Gasteiger partial charge is 0.182 e.